The molecule has 10 heteroatoms. The summed E-state index contributed by atoms with van der Waals surface area (Å²) in [6.45, 7) is 6.77. The first-order chi connectivity index (χ1) is 15.2. The van der Waals surface area contributed by atoms with Crippen LogP contribution in [0.5, 0.6) is 0 Å². The Balaban J connectivity index is 1.61. The molecule has 3 amide bonds. The highest BCUT2D eigenvalue weighted by molar-refractivity contribution is 6.33. The number of amides is 3. The Hall–Kier alpha value is -3.72. The van der Waals surface area contributed by atoms with E-state index in [9.17, 15) is 14.4 Å². The van der Waals surface area contributed by atoms with Crippen molar-refractivity contribution in [1.82, 2.24) is 20.1 Å². The smallest absolute Gasteiger partial charge is 0.359 e. The fourth-order valence-corrected chi connectivity index (χ4v) is 3.14. The molecule has 0 bridgehead atoms. The molecule has 0 unspecified atom stereocenters. The minimum Gasteiger partial charge on any atom is -0.451 e. The average molecular weight is 456 g/mol. The summed E-state index contributed by atoms with van der Waals surface area (Å²) in [6.07, 6.45) is 0. The summed E-state index contributed by atoms with van der Waals surface area (Å²) in [5.74, 6) is -1.32. The summed E-state index contributed by atoms with van der Waals surface area (Å²) < 4.78 is 6.55. The van der Waals surface area contributed by atoms with Gasteiger partial charge in [-0.25, -0.2) is 19.3 Å². The number of aromatic nitrogens is 3. The van der Waals surface area contributed by atoms with Crippen molar-refractivity contribution in [2.45, 2.75) is 27.7 Å². The van der Waals surface area contributed by atoms with Crippen LogP contribution in [0.2, 0.25) is 5.02 Å². The van der Waals surface area contributed by atoms with E-state index in [2.05, 4.69) is 20.7 Å². The molecule has 2 aromatic heterocycles. The van der Waals surface area contributed by atoms with E-state index < -0.39 is 24.5 Å². The van der Waals surface area contributed by atoms with E-state index in [1.807, 2.05) is 39.8 Å². The van der Waals surface area contributed by atoms with Gasteiger partial charge in [-0.1, -0.05) is 23.7 Å². The number of nitrogens with zero attached hydrogens (tertiary/aromatic N) is 3. The number of esters is 1. The van der Waals surface area contributed by atoms with Gasteiger partial charge in [0, 0.05) is 11.4 Å². The molecule has 0 fully saturated rings. The molecule has 2 heterocycles. The number of hydrogen-bond acceptors (Lipinski definition) is 6. The van der Waals surface area contributed by atoms with Crippen molar-refractivity contribution in [2.24, 2.45) is 0 Å². The number of anilines is 1. The predicted octanol–water partition coefficient (Wildman–Crippen LogP) is 3.66. The van der Waals surface area contributed by atoms with Crippen molar-refractivity contribution < 1.29 is 19.1 Å². The maximum Gasteiger partial charge on any atom is 0.359 e. The number of pyridine rings is 1. The van der Waals surface area contributed by atoms with Gasteiger partial charge in [0.25, 0.3) is 5.91 Å². The molecule has 3 aromatic rings. The van der Waals surface area contributed by atoms with E-state index in [0.717, 1.165) is 22.5 Å². The van der Waals surface area contributed by atoms with Crippen molar-refractivity contribution in [2.75, 3.05) is 11.9 Å². The summed E-state index contributed by atoms with van der Waals surface area (Å²) in [5.41, 5.74) is 3.90. The first-order valence-corrected chi connectivity index (χ1v) is 10.1. The average Bonchev–Trinajstić information content (AvgIpc) is 3.08. The van der Waals surface area contributed by atoms with Crippen molar-refractivity contribution in [3.05, 3.63) is 69.6 Å². The molecule has 0 saturated carbocycles. The SMILES string of the molecule is Cc1cc(C)n(-c2ccc(Cl)c(C(=O)OCC(=O)NC(=O)Nc3cccc(C)c3C)n2)n1. The number of halogens is 1. The Bertz CT molecular complexity index is 1210. The van der Waals surface area contributed by atoms with Crippen LogP contribution in [0.3, 0.4) is 0 Å². The summed E-state index contributed by atoms with van der Waals surface area (Å²) in [6, 6.07) is 9.65. The van der Waals surface area contributed by atoms with Crippen LogP contribution in [0.4, 0.5) is 10.5 Å². The number of carbonyl (C=O) groups excluding carboxylic acids is 3. The number of hydrogen-bond donors (Lipinski definition) is 2. The third-order valence-electron chi connectivity index (χ3n) is 4.69. The van der Waals surface area contributed by atoms with Crippen LogP contribution in [0.25, 0.3) is 5.82 Å². The summed E-state index contributed by atoms with van der Waals surface area (Å²) in [4.78, 5) is 40.7. The predicted molar refractivity (Wildman–Crippen MR) is 119 cm³/mol. The number of nitrogens with one attached hydrogen (secondary N) is 2. The molecule has 3 rings (SSSR count). The molecule has 2 N–H and O–H groups in total. The lowest BCUT2D eigenvalue weighted by atomic mass is 10.1. The number of rotatable bonds is 5. The quantitative estimate of drug-likeness (QED) is 0.567. The first-order valence-electron chi connectivity index (χ1n) is 9.70. The van der Waals surface area contributed by atoms with Gasteiger partial charge in [-0.05, 0) is 63.1 Å². The molecule has 0 aliphatic heterocycles. The lowest BCUT2D eigenvalue weighted by molar-refractivity contribution is -0.123. The monoisotopic (exact) mass is 455 g/mol. The fourth-order valence-electron chi connectivity index (χ4n) is 2.96. The molecule has 166 valence electrons. The second-order valence-electron chi connectivity index (χ2n) is 7.16. The van der Waals surface area contributed by atoms with Crippen molar-refractivity contribution in [3.8, 4) is 5.82 Å². The molecular formula is C22H22ClN5O4. The van der Waals surface area contributed by atoms with Crippen molar-refractivity contribution >= 4 is 35.2 Å². The Kier molecular flexibility index (Phi) is 6.89. The van der Waals surface area contributed by atoms with Gasteiger partial charge in [0.05, 0.1) is 10.7 Å². The molecule has 1 aromatic carbocycles. The number of imide groups is 1. The number of carbonyl (C=O) groups is 3. The van der Waals surface area contributed by atoms with Crippen LogP contribution in [0.1, 0.15) is 33.0 Å². The topological polar surface area (TPSA) is 115 Å². The van der Waals surface area contributed by atoms with E-state index >= 15 is 0 Å². The van der Waals surface area contributed by atoms with E-state index in [-0.39, 0.29) is 10.7 Å². The summed E-state index contributed by atoms with van der Waals surface area (Å²) in [7, 11) is 0. The highest BCUT2D eigenvalue weighted by Crippen LogP contribution is 2.19. The highest BCUT2D eigenvalue weighted by Gasteiger charge is 2.19. The lowest BCUT2D eigenvalue weighted by Crippen LogP contribution is -2.37. The number of aryl methyl sites for hydroxylation is 3. The van der Waals surface area contributed by atoms with E-state index in [4.69, 9.17) is 16.3 Å². The zero-order valence-corrected chi connectivity index (χ0v) is 18.8. The minimum absolute atomic E-state index is 0.0633. The second-order valence-corrected chi connectivity index (χ2v) is 7.57. The van der Waals surface area contributed by atoms with Gasteiger partial charge in [-0.2, -0.15) is 5.10 Å². The molecule has 0 radical (unpaired) electrons. The van der Waals surface area contributed by atoms with Crippen LogP contribution in [0.15, 0.2) is 36.4 Å². The van der Waals surface area contributed by atoms with Gasteiger partial charge in [0.15, 0.2) is 18.1 Å². The summed E-state index contributed by atoms with van der Waals surface area (Å²) >= 11 is 6.08. The normalized spacial score (nSPS) is 10.5. The Morgan fingerprint density at radius 3 is 2.53 bits per heavy atom. The number of urea groups is 1. The van der Waals surface area contributed by atoms with Gasteiger partial charge in [0.1, 0.15) is 0 Å². The molecule has 0 spiro atoms. The Morgan fingerprint density at radius 1 is 1.09 bits per heavy atom. The Labute approximate surface area is 189 Å². The first kappa shape index (κ1) is 23.0. The third kappa shape index (κ3) is 5.30. The van der Waals surface area contributed by atoms with Crippen LogP contribution in [-0.4, -0.2) is 39.3 Å². The van der Waals surface area contributed by atoms with Crippen LogP contribution in [-0.2, 0) is 9.53 Å². The van der Waals surface area contributed by atoms with E-state index in [1.54, 1.807) is 22.9 Å². The standard InChI is InChI=1S/C22H22ClN5O4/c1-12-6-5-7-17(15(12)4)24-22(31)26-19(29)11-32-21(30)20-16(23)8-9-18(25-20)28-14(3)10-13(2)27-28/h5-10H,11H2,1-4H3,(H2,24,26,29,31). The van der Waals surface area contributed by atoms with E-state index in [0.29, 0.717) is 11.5 Å². The van der Waals surface area contributed by atoms with Crippen LogP contribution < -0.4 is 10.6 Å². The van der Waals surface area contributed by atoms with Crippen molar-refractivity contribution in [1.29, 1.82) is 0 Å². The van der Waals surface area contributed by atoms with Crippen LogP contribution in [0, 0.1) is 27.7 Å². The van der Waals surface area contributed by atoms with E-state index in [1.165, 1.54) is 6.07 Å². The second kappa shape index (κ2) is 9.61. The van der Waals surface area contributed by atoms with Crippen molar-refractivity contribution in [3.63, 3.8) is 0 Å². The molecular weight excluding hydrogens is 434 g/mol. The van der Waals surface area contributed by atoms with Gasteiger partial charge in [-0.15, -0.1) is 0 Å². The molecule has 0 saturated heterocycles. The highest BCUT2D eigenvalue weighted by atomic mass is 35.5. The Morgan fingerprint density at radius 2 is 1.84 bits per heavy atom. The van der Waals surface area contributed by atoms with Gasteiger partial charge in [-0.3, -0.25) is 10.1 Å². The van der Waals surface area contributed by atoms with Crippen LogP contribution >= 0.6 is 11.6 Å². The maximum atomic E-state index is 12.4. The zero-order valence-electron chi connectivity index (χ0n) is 18.0. The van der Waals surface area contributed by atoms with Gasteiger partial charge >= 0.3 is 12.0 Å². The third-order valence-corrected chi connectivity index (χ3v) is 5.00. The summed E-state index contributed by atoms with van der Waals surface area (Å²) in [5, 5.41) is 9.08. The van der Waals surface area contributed by atoms with Gasteiger partial charge in [0.2, 0.25) is 0 Å². The van der Waals surface area contributed by atoms with Gasteiger partial charge < -0.3 is 10.1 Å². The minimum atomic E-state index is -0.900. The fraction of sp³-hybridized carbons (Fsp3) is 0.227. The molecule has 0 aliphatic carbocycles. The molecule has 0 atom stereocenters. The molecule has 32 heavy (non-hydrogen) atoms. The maximum absolute atomic E-state index is 12.4. The lowest BCUT2D eigenvalue weighted by Gasteiger charge is -2.11. The molecule has 9 nitrogen and oxygen atoms in total. The largest absolute Gasteiger partial charge is 0.451 e. The zero-order chi connectivity index (χ0) is 23.4. The number of ether oxygens (including phenoxy) is 1. The number of benzene rings is 1. The molecule has 0 aliphatic rings.